The van der Waals surface area contributed by atoms with Gasteiger partial charge in [0.15, 0.2) is 5.82 Å². The van der Waals surface area contributed by atoms with Crippen molar-refractivity contribution in [1.82, 2.24) is 24.7 Å². The SMILES string of the molecule is CC(=O)Nc1cc2c(cn1)c(C1CC1)nn2-c1cc(OC2CC(C(F)(F)F)C2)nc(C(C)(F)F)n1. The van der Waals surface area contributed by atoms with Crippen molar-refractivity contribution in [2.75, 3.05) is 5.32 Å². The standard InChI is InChI=1S/C22H21F5N6O2/c1-10(34)29-16-7-15-14(9-28-16)19(11-3-4-11)32-33(15)17-8-18(31-20(30-17)21(2,23)24)35-13-5-12(6-13)22(25,26)27/h7-9,11-13H,3-6H2,1-2H3,(H,28,29,34). The molecule has 0 aromatic carbocycles. The number of aromatic nitrogens is 5. The number of nitrogens with zero attached hydrogens (tertiary/aromatic N) is 5. The van der Waals surface area contributed by atoms with E-state index in [0.717, 1.165) is 18.5 Å². The smallest absolute Gasteiger partial charge is 0.392 e. The molecule has 3 aromatic rings. The van der Waals surface area contributed by atoms with Crippen LogP contribution < -0.4 is 10.1 Å². The van der Waals surface area contributed by atoms with Gasteiger partial charge in [-0.05, 0) is 25.7 Å². The molecular weight excluding hydrogens is 475 g/mol. The first kappa shape index (κ1) is 23.4. The minimum absolute atomic E-state index is 0.0323. The number of ether oxygens (including phenoxy) is 1. The molecule has 35 heavy (non-hydrogen) atoms. The topological polar surface area (TPSA) is 94.8 Å². The number of hydrogen-bond donors (Lipinski definition) is 1. The molecule has 13 heteroatoms. The quantitative estimate of drug-likeness (QED) is 0.489. The number of pyridine rings is 1. The fourth-order valence-corrected chi connectivity index (χ4v) is 3.99. The number of rotatable bonds is 6. The van der Waals surface area contributed by atoms with Crippen LogP contribution in [0.25, 0.3) is 16.7 Å². The van der Waals surface area contributed by atoms with Gasteiger partial charge in [-0.2, -0.15) is 32.0 Å². The molecule has 1 amide bonds. The number of hydrogen-bond acceptors (Lipinski definition) is 6. The summed E-state index contributed by atoms with van der Waals surface area (Å²) in [6, 6.07) is 2.83. The van der Waals surface area contributed by atoms with Crippen LogP contribution in [0.1, 0.15) is 57.0 Å². The number of carbonyl (C=O) groups excluding carboxylic acids is 1. The van der Waals surface area contributed by atoms with Crippen molar-refractivity contribution in [1.29, 1.82) is 0 Å². The molecule has 2 aliphatic carbocycles. The molecule has 0 unspecified atom stereocenters. The Labute approximate surface area is 195 Å². The van der Waals surface area contributed by atoms with Crippen molar-refractivity contribution in [2.24, 2.45) is 5.92 Å². The maximum absolute atomic E-state index is 14.2. The highest BCUT2D eigenvalue weighted by Gasteiger charge is 2.49. The molecular formula is C22H21F5N6O2. The van der Waals surface area contributed by atoms with E-state index in [1.165, 1.54) is 17.7 Å². The Hall–Kier alpha value is -3.38. The van der Waals surface area contributed by atoms with Crippen molar-refractivity contribution in [3.63, 3.8) is 0 Å². The summed E-state index contributed by atoms with van der Waals surface area (Å²) >= 11 is 0. The van der Waals surface area contributed by atoms with E-state index in [4.69, 9.17) is 4.74 Å². The Morgan fingerprint density at radius 3 is 2.46 bits per heavy atom. The second kappa shape index (κ2) is 8.09. The van der Waals surface area contributed by atoms with Gasteiger partial charge in [-0.25, -0.2) is 14.6 Å². The Morgan fingerprint density at radius 1 is 1.14 bits per heavy atom. The average molecular weight is 496 g/mol. The van der Waals surface area contributed by atoms with Crippen molar-refractivity contribution < 1.29 is 31.5 Å². The Morgan fingerprint density at radius 2 is 1.86 bits per heavy atom. The summed E-state index contributed by atoms with van der Waals surface area (Å²) in [4.78, 5) is 23.5. The molecule has 2 saturated carbocycles. The first-order valence-electron chi connectivity index (χ1n) is 11.1. The number of amides is 1. The summed E-state index contributed by atoms with van der Waals surface area (Å²) in [5, 5.41) is 7.84. The Kier molecular flexibility index (Phi) is 5.40. The maximum atomic E-state index is 14.2. The van der Waals surface area contributed by atoms with Crippen LogP contribution in [-0.4, -0.2) is 42.9 Å². The molecule has 1 N–H and O–H groups in total. The van der Waals surface area contributed by atoms with Gasteiger partial charge >= 0.3 is 12.1 Å². The van der Waals surface area contributed by atoms with Gasteiger partial charge in [0.2, 0.25) is 17.6 Å². The lowest BCUT2D eigenvalue weighted by atomic mass is 9.82. The second-order valence-electron chi connectivity index (χ2n) is 9.07. The maximum Gasteiger partial charge on any atom is 0.392 e. The zero-order valence-electron chi connectivity index (χ0n) is 18.7. The van der Waals surface area contributed by atoms with Gasteiger partial charge in [0, 0.05) is 43.5 Å². The van der Waals surface area contributed by atoms with E-state index >= 15 is 0 Å². The van der Waals surface area contributed by atoms with Gasteiger partial charge in [-0.3, -0.25) is 4.79 Å². The highest BCUT2D eigenvalue weighted by atomic mass is 19.4. The van der Waals surface area contributed by atoms with Crippen LogP contribution in [0.2, 0.25) is 0 Å². The first-order valence-corrected chi connectivity index (χ1v) is 11.1. The minimum Gasteiger partial charge on any atom is -0.474 e. The van der Waals surface area contributed by atoms with E-state index in [1.54, 1.807) is 12.3 Å². The number of halogens is 5. The fraction of sp³-hybridized carbons (Fsp3) is 0.500. The number of alkyl halides is 5. The van der Waals surface area contributed by atoms with E-state index < -0.39 is 29.9 Å². The molecule has 0 saturated heterocycles. The third kappa shape index (κ3) is 4.76. The molecule has 3 heterocycles. The molecule has 0 bridgehead atoms. The summed E-state index contributed by atoms with van der Waals surface area (Å²) in [6.07, 6.45) is -2.29. The van der Waals surface area contributed by atoms with Crippen molar-refractivity contribution in [2.45, 2.75) is 63.7 Å². The van der Waals surface area contributed by atoms with E-state index in [0.29, 0.717) is 17.8 Å². The largest absolute Gasteiger partial charge is 0.474 e. The van der Waals surface area contributed by atoms with Crippen LogP contribution in [0.3, 0.4) is 0 Å². The van der Waals surface area contributed by atoms with Crippen LogP contribution in [0.5, 0.6) is 5.88 Å². The second-order valence-corrected chi connectivity index (χ2v) is 9.07. The molecule has 8 nitrogen and oxygen atoms in total. The molecule has 0 atom stereocenters. The summed E-state index contributed by atoms with van der Waals surface area (Å²) < 4.78 is 73.8. The Bertz CT molecular complexity index is 1290. The van der Waals surface area contributed by atoms with E-state index in [2.05, 4.69) is 25.4 Å². The predicted molar refractivity (Wildman–Crippen MR) is 113 cm³/mol. The summed E-state index contributed by atoms with van der Waals surface area (Å²) in [6.45, 7) is 1.95. The molecule has 0 aliphatic heterocycles. The van der Waals surface area contributed by atoms with Gasteiger partial charge in [-0.1, -0.05) is 0 Å². The highest BCUT2D eigenvalue weighted by Crippen LogP contribution is 2.44. The van der Waals surface area contributed by atoms with Gasteiger partial charge in [0.25, 0.3) is 0 Å². The van der Waals surface area contributed by atoms with Crippen molar-refractivity contribution in [3.05, 3.63) is 29.8 Å². The summed E-state index contributed by atoms with van der Waals surface area (Å²) in [5.41, 5.74) is 1.20. The molecule has 186 valence electrons. The van der Waals surface area contributed by atoms with Crippen LogP contribution >= 0.6 is 0 Å². The van der Waals surface area contributed by atoms with Crippen LogP contribution in [0.4, 0.5) is 27.8 Å². The van der Waals surface area contributed by atoms with E-state index in [9.17, 15) is 26.7 Å². The molecule has 2 aliphatic rings. The third-order valence-electron chi connectivity index (χ3n) is 6.01. The minimum atomic E-state index is -4.33. The highest BCUT2D eigenvalue weighted by molar-refractivity contribution is 5.91. The monoisotopic (exact) mass is 496 g/mol. The molecule has 0 radical (unpaired) electrons. The fourth-order valence-electron chi connectivity index (χ4n) is 3.99. The summed E-state index contributed by atoms with van der Waals surface area (Å²) in [5.74, 6) is -5.97. The molecule has 3 aromatic heterocycles. The predicted octanol–water partition coefficient (Wildman–Crippen LogP) is 4.88. The van der Waals surface area contributed by atoms with Gasteiger partial charge in [0.05, 0.1) is 17.1 Å². The lowest BCUT2D eigenvalue weighted by molar-refractivity contribution is -0.210. The zero-order valence-corrected chi connectivity index (χ0v) is 18.7. The van der Waals surface area contributed by atoms with Crippen molar-refractivity contribution in [3.8, 4) is 11.7 Å². The van der Waals surface area contributed by atoms with Crippen molar-refractivity contribution >= 4 is 22.6 Å². The van der Waals surface area contributed by atoms with Crippen LogP contribution in [-0.2, 0) is 10.7 Å². The normalized spacial score (nSPS) is 20.5. The molecule has 5 rings (SSSR count). The van der Waals surface area contributed by atoms with Gasteiger partial charge in [-0.15, -0.1) is 0 Å². The van der Waals surface area contributed by atoms with Gasteiger partial charge < -0.3 is 10.1 Å². The van der Waals surface area contributed by atoms with E-state index in [-0.39, 0.29) is 42.2 Å². The van der Waals surface area contributed by atoms with Crippen LogP contribution in [0, 0.1) is 5.92 Å². The Balaban J connectivity index is 1.56. The molecule has 2 fully saturated rings. The first-order chi connectivity index (χ1) is 16.4. The number of fused-ring (bicyclic) bond motifs is 1. The lowest BCUT2D eigenvalue weighted by Crippen LogP contribution is -2.42. The van der Waals surface area contributed by atoms with Crippen LogP contribution in [0.15, 0.2) is 18.3 Å². The third-order valence-corrected chi connectivity index (χ3v) is 6.01. The molecule has 0 spiro atoms. The zero-order chi connectivity index (χ0) is 25.1. The van der Waals surface area contributed by atoms with Gasteiger partial charge in [0.1, 0.15) is 11.9 Å². The number of anilines is 1. The van der Waals surface area contributed by atoms with E-state index in [1.807, 2.05) is 0 Å². The summed E-state index contributed by atoms with van der Waals surface area (Å²) in [7, 11) is 0. The average Bonchev–Trinajstić information content (AvgIpc) is 3.49. The lowest BCUT2D eigenvalue weighted by Gasteiger charge is -2.36. The number of nitrogens with one attached hydrogen (secondary N) is 1. The number of carbonyl (C=O) groups is 1.